The van der Waals surface area contributed by atoms with Crippen LogP contribution in [0.3, 0.4) is 0 Å². The molecule has 7 nitrogen and oxygen atoms in total. The molecule has 0 saturated carbocycles. The van der Waals surface area contributed by atoms with E-state index in [4.69, 9.17) is 9.15 Å². The van der Waals surface area contributed by atoms with Crippen molar-refractivity contribution in [1.82, 2.24) is 14.7 Å². The number of urea groups is 1. The molecule has 0 radical (unpaired) electrons. The van der Waals surface area contributed by atoms with Gasteiger partial charge in [0.05, 0.1) is 43.6 Å². The van der Waals surface area contributed by atoms with Gasteiger partial charge in [-0.25, -0.2) is 4.79 Å². The molecular formula is C16H22N4O3. The third-order valence-electron chi connectivity index (χ3n) is 3.92. The number of hydrogen-bond donors (Lipinski definition) is 1. The highest BCUT2D eigenvalue weighted by atomic mass is 16.5. The number of furan rings is 1. The Balaban J connectivity index is 1.54. The lowest BCUT2D eigenvalue weighted by atomic mass is 10.2. The van der Waals surface area contributed by atoms with Gasteiger partial charge in [-0.2, -0.15) is 5.10 Å². The lowest BCUT2D eigenvalue weighted by Crippen LogP contribution is -2.34. The summed E-state index contributed by atoms with van der Waals surface area (Å²) < 4.78 is 12.5. The molecule has 1 unspecified atom stereocenters. The van der Waals surface area contributed by atoms with Crippen molar-refractivity contribution >= 4 is 11.7 Å². The number of nitrogens with zero attached hydrogens (tertiary/aromatic N) is 3. The third kappa shape index (κ3) is 4.13. The highest BCUT2D eigenvalue weighted by Gasteiger charge is 2.17. The molecule has 1 aliphatic heterocycles. The maximum atomic E-state index is 12.3. The molecular weight excluding hydrogens is 296 g/mol. The van der Waals surface area contributed by atoms with Crippen molar-refractivity contribution in [1.29, 1.82) is 0 Å². The molecule has 7 heteroatoms. The lowest BCUT2D eigenvalue weighted by Gasteiger charge is -2.20. The summed E-state index contributed by atoms with van der Waals surface area (Å²) in [5, 5.41) is 7.16. The second kappa shape index (κ2) is 7.32. The van der Waals surface area contributed by atoms with Crippen molar-refractivity contribution in [3.63, 3.8) is 0 Å². The number of ether oxygens (including phenoxy) is 1. The summed E-state index contributed by atoms with van der Waals surface area (Å²) in [6, 6.07) is 1.71. The molecule has 0 spiro atoms. The summed E-state index contributed by atoms with van der Waals surface area (Å²) in [4.78, 5) is 14.1. The van der Waals surface area contributed by atoms with Gasteiger partial charge in [0.25, 0.3) is 0 Å². The number of anilines is 1. The van der Waals surface area contributed by atoms with Gasteiger partial charge >= 0.3 is 6.03 Å². The zero-order valence-electron chi connectivity index (χ0n) is 13.3. The molecule has 0 bridgehead atoms. The standard InChI is InChI=1S/C16H22N4O3/c1-2-19(9-13-5-7-22-12-13)16(21)18-14-8-17-20(10-14)11-15-4-3-6-23-15/h5,7-8,10,12,15H,2-4,6,9,11H2,1H3,(H,18,21). The summed E-state index contributed by atoms with van der Waals surface area (Å²) in [6.07, 6.45) is 9.16. The Hall–Kier alpha value is -2.28. The molecule has 2 amide bonds. The Bertz CT molecular complexity index is 617. The second-order valence-electron chi connectivity index (χ2n) is 5.66. The molecule has 0 aromatic carbocycles. The first-order valence-electron chi connectivity index (χ1n) is 7.95. The third-order valence-corrected chi connectivity index (χ3v) is 3.92. The summed E-state index contributed by atoms with van der Waals surface area (Å²) in [7, 11) is 0. The summed E-state index contributed by atoms with van der Waals surface area (Å²) >= 11 is 0. The SMILES string of the molecule is CCN(Cc1ccoc1)C(=O)Nc1cnn(CC2CCCO2)c1. The van der Waals surface area contributed by atoms with Gasteiger partial charge in [-0.3, -0.25) is 4.68 Å². The monoisotopic (exact) mass is 318 g/mol. The van der Waals surface area contributed by atoms with Crippen molar-refractivity contribution in [3.8, 4) is 0 Å². The van der Waals surface area contributed by atoms with Gasteiger partial charge in [0, 0.05) is 24.9 Å². The van der Waals surface area contributed by atoms with Gasteiger partial charge in [-0.05, 0) is 25.8 Å². The van der Waals surface area contributed by atoms with Crippen LogP contribution in [0.2, 0.25) is 0 Å². The predicted molar refractivity (Wildman–Crippen MR) is 85.0 cm³/mol. The molecule has 2 aromatic rings. The smallest absolute Gasteiger partial charge is 0.322 e. The molecule has 3 heterocycles. The first-order valence-corrected chi connectivity index (χ1v) is 7.95. The van der Waals surface area contributed by atoms with Crippen LogP contribution < -0.4 is 5.32 Å². The van der Waals surface area contributed by atoms with Gasteiger partial charge < -0.3 is 19.4 Å². The summed E-state index contributed by atoms with van der Waals surface area (Å²) in [6.45, 7) is 4.63. The van der Waals surface area contributed by atoms with E-state index >= 15 is 0 Å². The van der Waals surface area contributed by atoms with Gasteiger partial charge in [-0.1, -0.05) is 0 Å². The second-order valence-corrected chi connectivity index (χ2v) is 5.66. The Labute approximate surface area is 135 Å². The minimum atomic E-state index is -0.148. The fourth-order valence-corrected chi connectivity index (χ4v) is 2.66. The molecule has 0 aliphatic carbocycles. The first-order chi connectivity index (χ1) is 11.2. The topological polar surface area (TPSA) is 72.5 Å². The minimum absolute atomic E-state index is 0.148. The highest BCUT2D eigenvalue weighted by molar-refractivity contribution is 5.88. The van der Waals surface area contributed by atoms with Crippen LogP contribution in [0.4, 0.5) is 10.5 Å². The number of amides is 2. The largest absolute Gasteiger partial charge is 0.472 e. The minimum Gasteiger partial charge on any atom is -0.472 e. The molecule has 1 saturated heterocycles. The molecule has 23 heavy (non-hydrogen) atoms. The normalized spacial score (nSPS) is 17.3. The van der Waals surface area contributed by atoms with Gasteiger partial charge in [0.1, 0.15) is 0 Å². The number of carbonyl (C=O) groups is 1. The molecule has 3 rings (SSSR count). The number of carbonyl (C=O) groups excluding carboxylic acids is 1. The van der Waals surface area contributed by atoms with E-state index in [-0.39, 0.29) is 12.1 Å². The molecule has 1 fully saturated rings. The van der Waals surface area contributed by atoms with Crippen LogP contribution >= 0.6 is 0 Å². The molecule has 1 atom stereocenters. The van der Waals surface area contributed by atoms with Crippen LogP contribution in [0.5, 0.6) is 0 Å². The van der Waals surface area contributed by atoms with Gasteiger partial charge in [-0.15, -0.1) is 0 Å². The first kappa shape index (κ1) is 15.6. The van der Waals surface area contributed by atoms with Crippen LogP contribution in [0, 0.1) is 0 Å². The Morgan fingerprint density at radius 2 is 2.48 bits per heavy atom. The van der Waals surface area contributed by atoms with E-state index in [2.05, 4.69) is 10.4 Å². The van der Waals surface area contributed by atoms with Gasteiger partial charge in [0.2, 0.25) is 0 Å². The van der Waals surface area contributed by atoms with Crippen molar-refractivity contribution in [2.75, 3.05) is 18.5 Å². The highest BCUT2D eigenvalue weighted by Crippen LogP contribution is 2.15. The van der Waals surface area contributed by atoms with Crippen LogP contribution in [-0.2, 0) is 17.8 Å². The zero-order chi connectivity index (χ0) is 16.1. The zero-order valence-corrected chi connectivity index (χ0v) is 13.3. The van der Waals surface area contributed by atoms with E-state index < -0.39 is 0 Å². The van der Waals surface area contributed by atoms with Crippen molar-refractivity contribution < 1.29 is 13.9 Å². The lowest BCUT2D eigenvalue weighted by molar-refractivity contribution is 0.0940. The number of hydrogen-bond acceptors (Lipinski definition) is 4. The van der Waals surface area contributed by atoms with E-state index in [9.17, 15) is 4.79 Å². The average molecular weight is 318 g/mol. The molecule has 1 aliphatic rings. The summed E-state index contributed by atoms with van der Waals surface area (Å²) in [5.74, 6) is 0. The number of rotatable bonds is 6. The maximum Gasteiger partial charge on any atom is 0.322 e. The number of aromatic nitrogens is 2. The van der Waals surface area contributed by atoms with Crippen molar-refractivity contribution in [2.24, 2.45) is 0 Å². The van der Waals surface area contributed by atoms with E-state index in [0.29, 0.717) is 18.8 Å². The van der Waals surface area contributed by atoms with Crippen LogP contribution in [0.25, 0.3) is 0 Å². The molecule has 124 valence electrons. The van der Waals surface area contributed by atoms with E-state index in [1.165, 1.54) is 0 Å². The van der Waals surface area contributed by atoms with Crippen molar-refractivity contribution in [2.45, 2.75) is 39.0 Å². The van der Waals surface area contributed by atoms with Crippen LogP contribution in [0.1, 0.15) is 25.3 Å². The number of nitrogens with one attached hydrogen (secondary N) is 1. The Morgan fingerprint density at radius 1 is 1.57 bits per heavy atom. The van der Waals surface area contributed by atoms with Gasteiger partial charge in [0.15, 0.2) is 0 Å². The quantitative estimate of drug-likeness (QED) is 0.889. The van der Waals surface area contributed by atoms with E-state index in [0.717, 1.165) is 31.6 Å². The maximum absolute atomic E-state index is 12.3. The average Bonchev–Trinajstić information content (AvgIpc) is 3.28. The van der Waals surface area contributed by atoms with E-state index in [1.807, 2.05) is 23.9 Å². The fraction of sp³-hybridized carbons (Fsp3) is 0.500. The van der Waals surface area contributed by atoms with E-state index in [1.54, 1.807) is 23.6 Å². The van der Waals surface area contributed by atoms with Crippen LogP contribution in [-0.4, -0.2) is 40.0 Å². The fourth-order valence-electron chi connectivity index (χ4n) is 2.66. The van der Waals surface area contributed by atoms with Crippen LogP contribution in [0.15, 0.2) is 35.4 Å². The predicted octanol–water partition coefficient (Wildman–Crippen LogP) is 2.71. The summed E-state index contributed by atoms with van der Waals surface area (Å²) in [5.41, 5.74) is 1.66. The Morgan fingerprint density at radius 3 is 3.17 bits per heavy atom. The molecule has 1 N–H and O–H groups in total. The Kier molecular flexibility index (Phi) is 4.97. The van der Waals surface area contributed by atoms with Crippen molar-refractivity contribution in [3.05, 3.63) is 36.5 Å². The molecule has 2 aromatic heterocycles.